The Bertz CT molecular complexity index is 95.5. The van der Waals surface area contributed by atoms with Gasteiger partial charge in [0, 0.05) is 13.3 Å². The maximum atomic E-state index is 12.7. The van der Waals surface area contributed by atoms with Gasteiger partial charge in [-0.1, -0.05) is 12.7 Å². The van der Waals surface area contributed by atoms with Crippen LogP contribution in [0.25, 0.3) is 0 Å². The van der Waals surface area contributed by atoms with E-state index < -0.39 is 5.85 Å². The lowest BCUT2D eigenvalue weighted by Gasteiger charge is -2.16. The molecule has 0 rings (SSSR count). The van der Waals surface area contributed by atoms with E-state index in [4.69, 9.17) is 0 Å². The Morgan fingerprint density at radius 1 is 1.67 bits per heavy atom. The van der Waals surface area contributed by atoms with Crippen molar-refractivity contribution >= 4 is 0 Å². The van der Waals surface area contributed by atoms with Gasteiger partial charge in [-0.2, -0.15) is 4.39 Å². The average molecular weight is 130 g/mol. The first-order valence-electron chi connectivity index (χ1n) is 2.71. The summed E-state index contributed by atoms with van der Waals surface area (Å²) in [6, 6.07) is 0. The summed E-state index contributed by atoms with van der Waals surface area (Å²) in [6.07, 6.45) is 2.73. The predicted octanol–water partition coefficient (Wildman–Crippen LogP) is 2.41. The summed E-state index contributed by atoms with van der Waals surface area (Å²) in [7, 11) is 0. The highest BCUT2D eigenvalue weighted by Crippen LogP contribution is 2.16. The summed E-state index contributed by atoms with van der Waals surface area (Å²) in [5, 5.41) is 0. The minimum absolute atomic E-state index is 0.180. The van der Waals surface area contributed by atoms with Crippen LogP contribution in [-0.4, -0.2) is 5.85 Å². The molecule has 0 saturated heterocycles. The highest BCUT2D eigenvalue weighted by Gasteiger charge is 2.19. The molecule has 0 aliphatic heterocycles. The van der Waals surface area contributed by atoms with Crippen LogP contribution in [0, 0.1) is 0 Å². The maximum Gasteiger partial charge on any atom is 0.248 e. The molecule has 1 nitrogen and oxygen atoms in total. The Hall–Kier alpha value is -0.790. The number of rotatable bonds is 4. The molecule has 0 fully saturated rings. The van der Waals surface area contributed by atoms with Crippen LogP contribution >= 0.6 is 0 Å². The molecule has 0 radical (unpaired) electrons. The van der Waals surface area contributed by atoms with Crippen molar-refractivity contribution in [2.45, 2.75) is 19.2 Å². The molecule has 2 heteroatoms. The van der Waals surface area contributed by atoms with Crippen LogP contribution in [0.2, 0.25) is 0 Å². The van der Waals surface area contributed by atoms with Gasteiger partial charge in [0.05, 0.1) is 6.26 Å². The number of hydrogen-bond acceptors (Lipinski definition) is 1. The molecule has 0 aromatic heterocycles. The van der Waals surface area contributed by atoms with Gasteiger partial charge >= 0.3 is 0 Å². The third-order valence-corrected chi connectivity index (χ3v) is 0.838. The van der Waals surface area contributed by atoms with Crippen molar-refractivity contribution in [2.24, 2.45) is 0 Å². The van der Waals surface area contributed by atoms with Gasteiger partial charge in [0.2, 0.25) is 5.85 Å². The molecule has 0 amide bonds. The predicted molar refractivity (Wildman–Crippen MR) is 35.6 cm³/mol. The molecule has 0 aromatic carbocycles. The van der Waals surface area contributed by atoms with Gasteiger partial charge in [-0.3, -0.25) is 0 Å². The zero-order valence-electron chi connectivity index (χ0n) is 5.56. The molecule has 52 valence electrons. The van der Waals surface area contributed by atoms with E-state index in [-0.39, 0.29) is 6.42 Å². The maximum absolute atomic E-state index is 12.7. The van der Waals surface area contributed by atoms with E-state index in [9.17, 15) is 4.39 Å². The lowest BCUT2D eigenvalue weighted by atomic mass is 10.2. The van der Waals surface area contributed by atoms with Crippen LogP contribution in [0.1, 0.15) is 13.3 Å². The van der Waals surface area contributed by atoms with Crippen LogP contribution < -0.4 is 0 Å². The van der Waals surface area contributed by atoms with Crippen LogP contribution in [-0.2, 0) is 4.74 Å². The van der Waals surface area contributed by atoms with Gasteiger partial charge in [-0.25, -0.2) is 0 Å². The van der Waals surface area contributed by atoms with Crippen molar-refractivity contribution in [3.05, 3.63) is 25.5 Å². The standard InChI is InChI=1S/C7H11FO/c1-4-6-7(3,8)9-5-2/h4-5H,1-2,6H2,3H3. The first-order valence-corrected chi connectivity index (χ1v) is 2.71. The van der Waals surface area contributed by atoms with Gasteiger partial charge in [0.1, 0.15) is 0 Å². The van der Waals surface area contributed by atoms with Gasteiger partial charge < -0.3 is 4.74 Å². The van der Waals surface area contributed by atoms with Gasteiger partial charge in [0.25, 0.3) is 0 Å². The molecular formula is C7H11FO. The molecular weight excluding hydrogens is 119 g/mol. The van der Waals surface area contributed by atoms with Crippen molar-refractivity contribution in [1.82, 2.24) is 0 Å². The monoisotopic (exact) mass is 130 g/mol. The molecule has 0 saturated carbocycles. The summed E-state index contributed by atoms with van der Waals surface area (Å²) in [5.74, 6) is -1.64. The summed E-state index contributed by atoms with van der Waals surface area (Å²) < 4.78 is 17.2. The third kappa shape index (κ3) is 3.76. The van der Waals surface area contributed by atoms with E-state index in [0.29, 0.717) is 0 Å². The van der Waals surface area contributed by atoms with E-state index in [2.05, 4.69) is 17.9 Å². The first kappa shape index (κ1) is 8.21. The molecule has 0 aromatic rings. The second kappa shape index (κ2) is 3.28. The highest BCUT2D eigenvalue weighted by atomic mass is 19.2. The van der Waals surface area contributed by atoms with Crippen LogP contribution in [0.3, 0.4) is 0 Å². The Morgan fingerprint density at radius 3 is 2.56 bits per heavy atom. The summed E-state index contributed by atoms with van der Waals surface area (Å²) in [5.41, 5.74) is 0. The Labute approximate surface area is 54.8 Å². The van der Waals surface area contributed by atoms with Gasteiger partial charge in [-0.05, 0) is 0 Å². The molecule has 1 unspecified atom stereocenters. The van der Waals surface area contributed by atoms with Gasteiger partial charge in [-0.15, -0.1) is 6.58 Å². The van der Waals surface area contributed by atoms with E-state index in [1.54, 1.807) is 0 Å². The smallest absolute Gasteiger partial charge is 0.248 e. The van der Waals surface area contributed by atoms with Crippen molar-refractivity contribution in [3.63, 3.8) is 0 Å². The van der Waals surface area contributed by atoms with E-state index >= 15 is 0 Å². The minimum Gasteiger partial charge on any atom is -0.466 e. The van der Waals surface area contributed by atoms with Crippen molar-refractivity contribution in [3.8, 4) is 0 Å². The molecule has 0 aliphatic rings. The zero-order valence-corrected chi connectivity index (χ0v) is 5.56. The SMILES string of the molecule is C=CCC(C)(F)OC=C. The quantitative estimate of drug-likeness (QED) is 0.419. The van der Waals surface area contributed by atoms with Crippen LogP contribution in [0.15, 0.2) is 25.5 Å². The number of halogens is 1. The van der Waals surface area contributed by atoms with Crippen molar-refractivity contribution in [2.75, 3.05) is 0 Å². The van der Waals surface area contributed by atoms with Crippen LogP contribution in [0.4, 0.5) is 4.39 Å². The molecule has 1 atom stereocenters. The summed E-state index contributed by atoms with van der Waals surface area (Å²) >= 11 is 0. The molecule has 0 N–H and O–H groups in total. The average Bonchev–Trinajstić information content (AvgIpc) is 1.64. The van der Waals surface area contributed by atoms with Gasteiger partial charge in [0.15, 0.2) is 0 Å². The fraction of sp³-hybridized carbons (Fsp3) is 0.429. The van der Waals surface area contributed by atoms with Crippen molar-refractivity contribution in [1.29, 1.82) is 0 Å². The topological polar surface area (TPSA) is 9.23 Å². The van der Waals surface area contributed by atoms with E-state index in [1.165, 1.54) is 13.0 Å². The second-order valence-corrected chi connectivity index (χ2v) is 1.88. The van der Waals surface area contributed by atoms with Crippen LogP contribution in [0.5, 0.6) is 0 Å². The van der Waals surface area contributed by atoms with E-state index in [1.807, 2.05) is 0 Å². The Morgan fingerprint density at radius 2 is 2.22 bits per heavy atom. The molecule has 0 heterocycles. The fourth-order valence-corrected chi connectivity index (χ4v) is 0.480. The summed E-state index contributed by atoms with van der Waals surface area (Å²) in [6.45, 7) is 7.94. The Kier molecular flexibility index (Phi) is 2.99. The molecule has 0 spiro atoms. The minimum atomic E-state index is -1.64. The van der Waals surface area contributed by atoms with Crippen molar-refractivity contribution < 1.29 is 9.13 Å². The lowest BCUT2D eigenvalue weighted by molar-refractivity contribution is -0.0774. The third-order valence-electron chi connectivity index (χ3n) is 0.838. The zero-order chi connectivity index (χ0) is 7.33. The fourth-order valence-electron chi connectivity index (χ4n) is 0.480. The first-order chi connectivity index (χ1) is 4.12. The molecule has 0 aliphatic carbocycles. The number of alkyl halides is 1. The normalized spacial score (nSPS) is 15.8. The number of hydrogen-bond donors (Lipinski definition) is 0. The second-order valence-electron chi connectivity index (χ2n) is 1.88. The summed E-state index contributed by atoms with van der Waals surface area (Å²) in [4.78, 5) is 0. The highest BCUT2D eigenvalue weighted by molar-refractivity contribution is 4.77. The molecule has 9 heavy (non-hydrogen) atoms. The van der Waals surface area contributed by atoms with E-state index in [0.717, 1.165) is 6.26 Å². The Balaban J connectivity index is 3.68. The lowest BCUT2D eigenvalue weighted by Crippen LogP contribution is -2.17. The molecule has 0 bridgehead atoms. The number of ether oxygens (including phenoxy) is 1. The largest absolute Gasteiger partial charge is 0.466 e.